The van der Waals surface area contributed by atoms with Gasteiger partial charge in [0.05, 0.1) is 18.3 Å². The van der Waals surface area contributed by atoms with Gasteiger partial charge in [-0.15, -0.1) is 5.10 Å². The maximum Gasteiger partial charge on any atom is 0.261 e. The second kappa shape index (κ2) is 6.66. The van der Waals surface area contributed by atoms with E-state index in [1.807, 2.05) is 26.0 Å². The second-order valence-corrected chi connectivity index (χ2v) is 5.61. The fourth-order valence-corrected chi connectivity index (χ4v) is 2.55. The summed E-state index contributed by atoms with van der Waals surface area (Å²) in [5, 5.41) is 11.2. The van der Waals surface area contributed by atoms with E-state index in [2.05, 4.69) is 39.6 Å². The minimum atomic E-state index is -0.249. The van der Waals surface area contributed by atoms with Gasteiger partial charge in [0.15, 0.2) is 0 Å². The molecule has 7 heteroatoms. The summed E-state index contributed by atoms with van der Waals surface area (Å²) in [5.74, 6) is 0.0399. The molecule has 0 bridgehead atoms. The summed E-state index contributed by atoms with van der Waals surface area (Å²) in [4.78, 5) is 16.5. The lowest BCUT2D eigenvalue weighted by atomic mass is 10.1. The molecule has 0 saturated heterocycles. The molecule has 3 aromatic rings. The van der Waals surface area contributed by atoms with Gasteiger partial charge < -0.3 is 0 Å². The van der Waals surface area contributed by atoms with Crippen molar-refractivity contribution in [2.75, 3.05) is 5.32 Å². The van der Waals surface area contributed by atoms with Gasteiger partial charge in [0.1, 0.15) is 6.33 Å². The van der Waals surface area contributed by atoms with E-state index in [0.717, 1.165) is 12.2 Å². The molecule has 7 nitrogen and oxygen atoms in total. The molecule has 0 saturated carbocycles. The molecule has 0 fully saturated rings. The number of carbonyl (C=O) groups excluding carboxylic acids is 1. The smallest absolute Gasteiger partial charge is 0.261 e. The standard InChI is InChI=1S/C17H20N6O/c1-4-23-13(3)15(9-19-23)16(24)20-17-18-11-22(21-17)10-14-8-6-5-7-12(14)2/h5-9,11H,4,10H2,1-3H3,(H,20,21,24). The predicted octanol–water partition coefficient (Wildman–Crippen LogP) is 2.41. The van der Waals surface area contributed by atoms with Gasteiger partial charge in [-0.1, -0.05) is 24.3 Å². The monoisotopic (exact) mass is 324 g/mol. The van der Waals surface area contributed by atoms with Crippen molar-refractivity contribution in [2.45, 2.75) is 33.9 Å². The normalized spacial score (nSPS) is 10.8. The maximum atomic E-state index is 12.3. The number of aryl methyl sites for hydroxylation is 2. The second-order valence-electron chi connectivity index (χ2n) is 5.61. The van der Waals surface area contributed by atoms with Crippen LogP contribution in [0.1, 0.15) is 34.1 Å². The van der Waals surface area contributed by atoms with Gasteiger partial charge in [0.25, 0.3) is 5.91 Å². The molecule has 1 N–H and O–H groups in total. The lowest BCUT2D eigenvalue weighted by molar-refractivity contribution is 0.102. The van der Waals surface area contributed by atoms with Gasteiger partial charge in [0.2, 0.25) is 5.95 Å². The van der Waals surface area contributed by atoms with Gasteiger partial charge in [-0.05, 0) is 31.9 Å². The SMILES string of the molecule is CCn1ncc(C(=O)Nc2ncn(Cc3ccccc3C)n2)c1C. The highest BCUT2D eigenvalue weighted by Crippen LogP contribution is 2.11. The number of benzene rings is 1. The summed E-state index contributed by atoms with van der Waals surface area (Å²) in [7, 11) is 0. The number of nitrogens with zero attached hydrogens (tertiary/aromatic N) is 5. The zero-order chi connectivity index (χ0) is 17.1. The Morgan fingerprint density at radius 1 is 1.25 bits per heavy atom. The van der Waals surface area contributed by atoms with Crippen LogP contribution in [0.3, 0.4) is 0 Å². The van der Waals surface area contributed by atoms with E-state index in [0.29, 0.717) is 12.1 Å². The van der Waals surface area contributed by atoms with Crippen LogP contribution < -0.4 is 5.32 Å². The lowest BCUT2D eigenvalue weighted by Gasteiger charge is -2.04. The first kappa shape index (κ1) is 15.9. The number of hydrogen-bond donors (Lipinski definition) is 1. The van der Waals surface area contributed by atoms with Crippen molar-refractivity contribution in [1.82, 2.24) is 24.5 Å². The van der Waals surface area contributed by atoms with Crippen molar-refractivity contribution >= 4 is 11.9 Å². The van der Waals surface area contributed by atoms with Crippen LogP contribution in [-0.4, -0.2) is 30.5 Å². The molecule has 2 heterocycles. The summed E-state index contributed by atoms with van der Waals surface area (Å²) in [5.41, 5.74) is 3.72. The van der Waals surface area contributed by atoms with Crippen molar-refractivity contribution in [3.63, 3.8) is 0 Å². The summed E-state index contributed by atoms with van der Waals surface area (Å²) in [6.07, 6.45) is 3.18. The Hall–Kier alpha value is -2.96. The number of rotatable bonds is 5. The highest BCUT2D eigenvalue weighted by Gasteiger charge is 2.15. The molecule has 0 aliphatic carbocycles. The van der Waals surface area contributed by atoms with Crippen LogP contribution >= 0.6 is 0 Å². The van der Waals surface area contributed by atoms with Crippen LogP contribution in [0.25, 0.3) is 0 Å². The molecule has 2 aromatic heterocycles. The number of nitrogens with one attached hydrogen (secondary N) is 1. The highest BCUT2D eigenvalue weighted by molar-refractivity contribution is 6.03. The number of aromatic nitrogens is 5. The fraction of sp³-hybridized carbons (Fsp3) is 0.294. The molecule has 0 radical (unpaired) electrons. The number of carbonyl (C=O) groups is 1. The van der Waals surface area contributed by atoms with Crippen LogP contribution in [0.15, 0.2) is 36.8 Å². The first-order chi connectivity index (χ1) is 11.6. The quantitative estimate of drug-likeness (QED) is 0.782. The van der Waals surface area contributed by atoms with Crippen molar-refractivity contribution in [2.24, 2.45) is 0 Å². The molecule has 0 aliphatic rings. The molecular weight excluding hydrogens is 304 g/mol. The average molecular weight is 324 g/mol. The molecule has 24 heavy (non-hydrogen) atoms. The molecular formula is C17H20N6O. The summed E-state index contributed by atoms with van der Waals surface area (Å²) in [6, 6.07) is 8.11. The van der Waals surface area contributed by atoms with E-state index >= 15 is 0 Å². The molecule has 0 aliphatic heterocycles. The van der Waals surface area contributed by atoms with Crippen LogP contribution in [0, 0.1) is 13.8 Å². The third-order valence-corrected chi connectivity index (χ3v) is 4.00. The Morgan fingerprint density at radius 2 is 2.04 bits per heavy atom. The van der Waals surface area contributed by atoms with E-state index in [-0.39, 0.29) is 11.9 Å². The van der Waals surface area contributed by atoms with E-state index in [1.165, 1.54) is 11.1 Å². The van der Waals surface area contributed by atoms with Gasteiger partial charge >= 0.3 is 0 Å². The topological polar surface area (TPSA) is 77.6 Å². The van der Waals surface area contributed by atoms with Crippen molar-refractivity contribution in [3.05, 3.63) is 59.2 Å². The Labute approximate surface area is 140 Å². The lowest BCUT2D eigenvalue weighted by Crippen LogP contribution is -2.14. The Balaban J connectivity index is 1.71. The van der Waals surface area contributed by atoms with E-state index in [9.17, 15) is 4.79 Å². The number of anilines is 1. The van der Waals surface area contributed by atoms with Gasteiger partial charge in [-0.25, -0.2) is 9.67 Å². The molecule has 3 rings (SSSR count). The van der Waals surface area contributed by atoms with Crippen LogP contribution in [0.5, 0.6) is 0 Å². The van der Waals surface area contributed by atoms with E-state index in [1.54, 1.807) is 21.9 Å². The van der Waals surface area contributed by atoms with Crippen LogP contribution in [-0.2, 0) is 13.1 Å². The van der Waals surface area contributed by atoms with Crippen LogP contribution in [0.2, 0.25) is 0 Å². The molecule has 124 valence electrons. The first-order valence-corrected chi connectivity index (χ1v) is 7.86. The maximum absolute atomic E-state index is 12.3. The largest absolute Gasteiger partial charge is 0.289 e. The third-order valence-electron chi connectivity index (χ3n) is 4.00. The minimum absolute atomic E-state index is 0.249. The summed E-state index contributed by atoms with van der Waals surface area (Å²) < 4.78 is 3.49. The zero-order valence-corrected chi connectivity index (χ0v) is 14.0. The fourth-order valence-electron chi connectivity index (χ4n) is 2.55. The molecule has 1 aromatic carbocycles. The number of amides is 1. The van der Waals surface area contributed by atoms with E-state index in [4.69, 9.17) is 0 Å². The van der Waals surface area contributed by atoms with Crippen molar-refractivity contribution in [1.29, 1.82) is 0 Å². The summed E-state index contributed by atoms with van der Waals surface area (Å²) >= 11 is 0. The van der Waals surface area contributed by atoms with Crippen LogP contribution in [0.4, 0.5) is 5.95 Å². The van der Waals surface area contributed by atoms with Gasteiger partial charge in [0, 0.05) is 12.2 Å². The minimum Gasteiger partial charge on any atom is -0.289 e. The van der Waals surface area contributed by atoms with Crippen molar-refractivity contribution in [3.8, 4) is 0 Å². The summed E-state index contributed by atoms with van der Waals surface area (Å²) in [6.45, 7) is 7.25. The first-order valence-electron chi connectivity index (χ1n) is 7.86. The Bertz CT molecular complexity index is 864. The Morgan fingerprint density at radius 3 is 2.75 bits per heavy atom. The Kier molecular flexibility index (Phi) is 4.41. The third kappa shape index (κ3) is 3.19. The number of hydrogen-bond acceptors (Lipinski definition) is 4. The molecule has 0 unspecified atom stereocenters. The van der Waals surface area contributed by atoms with Gasteiger partial charge in [-0.3, -0.25) is 14.8 Å². The zero-order valence-electron chi connectivity index (χ0n) is 14.0. The molecule has 0 atom stereocenters. The van der Waals surface area contributed by atoms with Crippen molar-refractivity contribution < 1.29 is 4.79 Å². The predicted molar refractivity (Wildman–Crippen MR) is 90.9 cm³/mol. The molecule has 1 amide bonds. The van der Waals surface area contributed by atoms with E-state index < -0.39 is 0 Å². The molecule has 0 spiro atoms. The average Bonchev–Trinajstić information content (AvgIpc) is 3.16. The highest BCUT2D eigenvalue weighted by atomic mass is 16.1. The van der Waals surface area contributed by atoms with Gasteiger partial charge in [-0.2, -0.15) is 5.10 Å².